The van der Waals surface area contributed by atoms with Crippen LogP contribution in [0.15, 0.2) is 24.3 Å². The zero-order valence-electron chi connectivity index (χ0n) is 14.3. The van der Waals surface area contributed by atoms with Crippen LogP contribution in [0.2, 0.25) is 5.02 Å². The molecule has 128 valence electrons. The lowest BCUT2D eigenvalue weighted by molar-refractivity contribution is -0.138. The van der Waals surface area contributed by atoms with Crippen molar-refractivity contribution in [2.24, 2.45) is 0 Å². The molecule has 0 unspecified atom stereocenters. The minimum absolute atomic E-state index is 0.0258. The van der Waals surface area contributed by atoms with Crippen LogP contribution < -0.4 is 0 Å². The minimum Gasteiger partial charge on any atom is -0.395 e. The van der Waals surface area contributed by atoms with Gasteiger partial charge in [0.05, 0.1) is 12.6 Å². The molecule has 1 atom stereocenters. The normalized spacial score (nSPS) is 19.1. The Bertz CT molecular complexity index is 525. The van der Waals surface area contributed by atoms with Gasteiger partial charge in [0.25, 0.3) is 0 Å². The van der Waals surface area contributed by atoms with Crippen LogP contribution in [0.1, 0.15) is 39.2 Å². The lowest BCUT2D eigenvalue weighted by Gasteiger charge is -2.38. The number of aliphatic hydroxyl groups excluding tert-OH is 1. The second kappa shape index (κ2) is 7.65. The van der Waals surface area contributed by atoms with Crippen LogP contribution in [-0.2, 0) is 11.3 Å². The zero-order chi connectivity index (χ0) is 17.0. The number of benzene rings is 1. The van der Waals surface area contributed by atoms with Gasteiger partial charge in [-0.2, -0.15) is 0 Å². The van der Waals surface area contributed by atoms with Gasteiger partial charge in [-0.05, 0) is 57.9 Å². The molecule has 1 aliphatic rings. The quantitative estimate of drug-likeness (QED) is 0.897. The Kier molecular flexibility index (Phi) is 6.06. The molecule has 1 heterocycles. The molecular formula is C18H27ClN2O2. The Labute approximate surface area is 144 Å². The van der Waals surface area contributed by atoms with Gasteiger partial charge in [0, 0.05) is 23.7 Å². The fraction of sp³-hybridized carbons (Fsp3) is 0.611. The Morgan fingerprint density at radius 1 is 1.35 bits per heavy atom. The third-order valence-corrected chi connectivity index (χ3v) is 4.62. The smallest absolute Gasteiger partial charge is 0.240 e. The second-order valence-corrected chi connectivity index (χ2v) is 7.57. The first-order valence-corrected chi connectivity index (χ1v) is 8.61. The standard InChI is InChI=1S/C18H27ClN2O2/c1-18(2,3)21-10-4-5-16(21)17(23)20(11-12-22)13-14-6-8-15(19)9-7-14/h6-9,16,22H,4-5,10-13H2,1-3H3/t16-/m1/s1. The van der Waals surface area contributed by atoms with E-state index in [1.165, 1.54) is 0 Å². The van der Waals surface area contributed by atoms with Gasteiger partial charge in [0.2, 0.25) is 5.91 Å². The Morgan fingerprint density at radius 3 is 2.57 bits per heavy atom. The van der Waals surface area contributed by atoms with E-state index in [9.17, 15) is 9.90 Å². The fourth-order valence-corrected chi connectivity index (χ4v) is 3.36. The average Bonchev–Trinajstić information content (AvgIpc) is 2.98. The molecule has 1 N–H and O–H groups in total. The molecule has 4 nitrogen and oxygen atoms in total. The van der Waals surface area contributed by atoms with Crippen LogP contribution in [0.4, 0.5) is 0 Å². The molecule has 0 bridgehead atoms. The summed E-state index contributed by atoms with van der Waals surface area (Å²) in [7, 11) is 0. The first kappa shape index (κ1) is 18.2. The van der Waals surface area contributed by atoms with E-state index in [2.05, 4.69) is 25.7 Å². The van der Waals surface area contributed by atoms with Gasteiger partial charge in [-0.15, -0.1) is 0 Å². The molecule has 0 aliphatic carbocycles. The van der Waals surface area contributed by atoms with Crippen molar-refractivity contribution < 1.29 is 9.90 Å². The number of carbonyl (C=O) groups is 1. The van der Waals surface area contributed by atoms with E-state index in [1.54, 1.807) is 4.90 Å². The van der Waals surface area contributed by atoms with Crippen molar-refractivity contribution in [1.82, 2.24) is 9.80 Å². The summed E-state index contributed by atoms with van der Waals surface area (Å²) >= 11 is 5.92. The Balaban J connectivity index is 2.13. The highest BCUT2D eigenvalue weighted by Crippen LogP contribution is 2.28. The number of nitrogens with zero attached hydrogens (tertiary/aromatic N) is 2. The van der Waals surface area contributed by atoms with Gasteiger partial charge in [-0.25, -0.2) is 0 Å². The number of aliphatic hydroxyl groups is 1. The van der Waals surface area contributed by atoms with Crippen molar-refractivity contribution in [3.63, 3.8) is 0 Å². The number of carbonyl (C=O) groups excluding carboxylic acids is 1. The molecule has 1 aromatic rings. The highest BCUT2D eigenvalue weighted by atomic mass is 35.5. The molecule has 1 fully saturated rings. The number of likely N-dealkylation sites (tertiary alicyclic amines) is 1. The van der Waals surface area contributed by atoms with Crippen LogP contribution in [0.3, 0.4) is 0 Å². The molecule has 0 spiro atoms. The monoisotopic (exact) mass is 338 g/mol. The third kappa shape index (κ3) is 4.69. The summed E-state index contributed by atoms with van der Waals surface area (Å²) in [6.07, 6.45) is 1.93. The number of rotatable bonds is 5. The summed E-state index contributed by atoms with van der Waals surface area (Å²) in [6, 6.07) is 7.42. The van der Waals surface area contributed by atoms with Crippen molar-refractivity contribution in [1.29, 1.82) is 0 Å². The highest BCUT2D eigenvalue weighted by Gasteiger charge is 2.38. The van der Waals surface area contributed by atoms with Gasteiger partial charge in [-0.3, -0.25) is 9.69 Å². The summed E-state index contributed by atoms with van der Waals surface area (Å²) in [4.78, 5) is 17.1. The van der Waals surface area contributed by atoms with Gasteiger partial charge in [0.1, 0.15) is 0 Å². The maximum atomic E-state index is 13.0. The molecule has 2 rings (SSSR count). The van der Waals surface area contributed by atoms with E-state index in [0.717, 1.165) is 24.9 Å². The average molecular weight is 339 g/mol. The molecule has 1 amide bonds. The predicted octanol–water partition coefficient (Wildman–Crippen LogP) is 2.92. The van der Waals surface area contributed by atoms with Crippen molar-refractivity contribution in [3.05, 3.63) is 34.9 Å². The van der Waals surface area contributed by atoms with Crippen LogP contribution in [0.25, 0.3) is 0 Å². The maximum absolute atomic E-state index is 13.0. The molecule has 0 saturated carbocycles. The van der Waals surface area contributed by atoms with Crippen molar-refractivity contribution in [2.75, 3.05) is 19.7 Å². The fourth-order valence-electron chi connectivity index (χ4n) is 3.24. The molecule has 5 heteroatoms. The summed E-state index contributed by atoms with van der Waals surface area (Å²) < 4.78 is 0. The Hall–Kier alpha value is -1.10. The van der Waals surface area contributed by atoms with E-state index >= 15 is 0 Å². The molecule has 1 aromatic carbocycles. The van der Waals surface area contributed by atoms with Crippen molar-refractivity contribution in [2.45, 2.75) is 51.7 Å². The highest BCUT2D eigenvalue weighted by molar-refractivity contribution is 6.30. The molecule has 1 saturated heterocycles. The summed E-state index contributed by atoms with van der Waals surface area (Å²) in [6.45, 7) is 8.23. The summed E-state index contributed by atoms with van der Waals surface area (Å²) in [5, 5.41) is 10.0. The number of amides is 1. The van der Waals surface area contributed by atoms with Gasteiger partial charge >= 0.3 is 0 Å². The molecule has 0 radical (unpaired) electrons. The van der Waals surface area contributed by atoms with E-state index in [4.69, 9.17) is 11.6 Å². The zero-order valence-corrected chi connectivity index (χ0v) is 15.0. The van der Waals surface area contributed by atoms with Crippen LogP contribution in [-0.4, -0.2) is 52.1 Å². The van der Waals surface area contributed by atoms with Gasteiger partial charge < -0.3 is 10.0 Å². The van der Waals surface area contributed by atoms with E-state index in [0.29, 0.717) is 18.1 Å². The third-order valence-electron chi connectivity index (χ3n) is 4.37. The van der Waals surface area contributed by atoms with E-state index < -0.39 is 0 Å². The summed E-state index contributed by atoms with van der Waals surface area (Å²) in [5.41, 5.74) is 0.999. The van der Waals surface area contributed by atoms with Gasteiger partial charge in [0.15, 0.2) is 0 Å². The maximum Gasteiger partial charge on any atom is 0.240 e. The number of halogens is 1. The first-order chi connectivity index (χ1) is 10.8. The molecular weight excluding hydrogens is 312 g/mol. The summed E-state index contributed by atoms with van der Waals surface area (Å²) in [5.74, 6) is 0.112. The second-order valence-electron chi connectivity index (χ2n) is 7.13. The van der Waals surface area contributed by atoms with Crippen molar-refractivity contribution in [3.8, 4) is 0 Å². The number of hydrogen-bond donors (Lipinski definition) is 1. The molecule has 0 aromatic heterocycles. The van der Waals surface area contributed by atoms with Gasteiger partial charge in [-0.1, -0.05) is 23.7 Å². The lowest BCUT2D eigenvalue weighted by Crippen LogP contribution is -2.52. The molecule has 23 heavy (non-hydrogen) atoms. The Morgan fingerprint density at radius 2 is 2.00 bits per heavy atom. The first-order valence-electron chi connectivity index (χ1n) is 8.24. The number of hydrogen-bond acceptors (Lipinski definition) is 3. The van der Waals surface area contributed by atoms with Crippen LogP contribution >= 0.6 is 11.6 Å². The SMILES string of the molecule is CC(C)(C)N1CCC[C@@H]1C(=O)N(CCO)Cc1ccc(Cl)cc1. The van der Waals surface area contributed by atoms with Crippen LogP contribution in [0, 0.1) is 0 Å². The van der Waals surface area contributed by atoms with Crippen molar-refractivity contribution >= 4 is 17.5 Å². The molecule has 1 aliphatic heterocycles. The van der Waals surface area contributed by atoms with E-state index in [-0.39, 0.29) is 24.1 Å². The van der Waals surface area contributed by atoms with Crippen LogP contribution in [0.5, 0.6) is 0 Å². The minimum atomic E-state index is -0.0890. The predicted molar refractivity (Wildman–Crippen MR) is 93.4 cm³/mol. The van der Waals surface area contributed by atoms with E-state index in [1.807, 2.05) is 24.3 Å². The largest absolute Gasteiger partial charge is 0.395 e. The lowest BCUT2D eigenvalue weighted by atomic mass is 10.0. The topological polar surface area (TPSA) is 43.8 Å².